The van der Waals surface area contributed by atoms with E-state index < -0.39 is 15.9 Å². The average molecular weight is 751 g/mol. The van der Waals surface area contributed by atoms with Gasteiger partial charge in [0.15, 0.2) is 0 Å². The van der Waals surface area contributed by atoms with E-state index in [1.54, 1.807) is 43.3 Å². The lowest BCUT2D eigenvalue weighted by atomic mass is 9.93. The first-order valence-corrected chi connectivity index (χ1v) is 19.3. The lowest BCUT2D eigenvalue weighted by Crippen LogP contribution is -2.31. The summed E-state index contributed by atoms with van der Waals surface area (Å²) < 4.78 is 35.9. The Balaban J connectivity index is 1.21. The number of sulfonamides is 1. The first kappa shape index (κ1) is 37.6. The second-order valence-corrected chi connectivity index (χ2v) is 15.7. The number of aromatic nitrogens is 2. The number of benzene rings is 4. The average Bonchev–Trinajstić information content (AvgIpc) is 3.62. The number of ether oxygens (including phenoxy) is 1. The minimum atomic E-state index is -4.07. The van der Waals surface area contributed by atoms with Crippen LogP contribution in [0, 0.1) is 34.6 Å². The number of nitrogens with one attached hydrogen (secondary N) is 2. The molecular weight excluding hydrogens is 708 g/mol. The first-order valence-electron chi connectivity index (χ1n) is 17.5. The highest BCUT2D eigenvalue weighted by atomic mass is 35.5. The number of allylic oxidation sites excluding steroid dienone is 1. The highest BCUT2D eigenvalue weighted by Gasteiger charge is 2.29. The first-order chi connectivity index (χ1) is 25.2. The maximum atomic E-state index is 14.0. The standard InChI is InChI=1S/C42H43ClN4O5S/c1-25-11-7-14-33(19-25)53(50,51)46-41(48)31-13-8-12-30(22-31)24-44-42(49)38-23-37-34(15-9-16-36(37)39-28(4)45-47(6)29(39)5)35(38)17-10-18-52-32-20-26(2)40(43)27(3)21-32/h7-9,11-16,19-22H,10,17-18,23-24H2,1-6H3,(H,44,49)(H,46,48). The molecule has 9 nitrogen and oxygen atoms in total. The minimum absolute atomic E-state index is 0.00893. The van der Waals surface area contributed by atoms with Crippen LogP contribution in [0.5, 0.6) is 5.75 Å². The molecule has 53 heavy (non-hydrogen) atoms. The fraction of sp³-hybridized carbons (Fsp3) is 0.262. The number of amides is 2. The van der Waals surface area contributed by atoms with Crippen molar-refractivity contribution < 1.29 is 22.7 Å². The fourth-order valence-corrected chi connectivity index (χ4v) is 8.16. The number of carbonyl (C=O) groups is 2. The Morgan fingerprint density at radius 2 is 1.58 bits per heavy atom. The van der Waals surface area contributed by atoms with Crippen LogP contribution < -0.4 is 14.8 Å². The molecule has 2 amide bonds. The molecular formula is C42H43ClN4O5S. The van der Waals surface area contributed by atoms with Gasteiger partial charge in [-0.05, 0) is 128 Å². The second-order valence-electron chi connectivity index (χ2n) is 13.6. The molecule has 0 spiro atoms. The van der Waals surface area contributed by atoms with Gasteiger partial charge in [-0.1, -0.05) is 54.1 Å². The van der Waals surface area contributed by atoms with Crippen LogP contribution in [0.25, 0.3) is 16.7 Å². The molecule has 1 aromatic heterocycles. The van der Waals surface area contributed by atoms with Crippen molar-refractivity contribution in [2.24, 2.45) is 7.05 Å². The molecule has 11 heteroatoms. The molecule has 6 rings (SSSR count). The van der Waals surface area contributed by atoms with Crippen molar-refractivity contribution >= 4 is 39.0 Å². The van der Waals surface area contributed by atoms with Gasteiger partial charge in [-0.3, -0.25) is 14.3 Å². The third kappa shape index (κ3) is 8.09. The molecule has 1 heterocycles. The van der Waals surface area contributed by atoms with Crippen molar-refractivity contribution in [1.29, 1.82) is 0 Å². The summed E-state index contributed by atoms with van der Waals surface area (Å²) >= 11 is 6.36. The number of hydrogen-bond donors (Lipinski definition) is 2. The largest absolute Gasteiger partial charge is 0.494 e. The molecule has 5 aromatic rings. The summed E-state index contributed by atoms with van der Waals surface area (Å²) in [6, 6.07) is 23.0. The Morgan fingerprint density at radius 1 is 0.887 bits per heavy atom. The molecule has 0 saturated carbocycles. The van der Waals surface area contributed by atoms with Crippen LogP contribution in [0.2, 0.25) is 5.02 Å². The topological polar surface area (TPSA) is 119 Å². The van der Waals surface area contributed by atoms with Gasteiger partial charge < -0.3 is 10.1 Å². The summed E-state index contributed by atoms with van der Waals surface area (Å²) in [5.74, 6) is -0.198. The Kier molecular flexibility index (Phi) is 10.9. The Bertz CT molecular complexity index is 2370. The maximum Gasteiger partial charge on any atom is 0.265 e. The van der Waals surface area contributed by atoms with E-state index in [1.807, 2.05) is 50.7 Å². The van der Waals surface area contributed by atoms with E-state index in [0.717, 1.165) is 66.7 Å². The van der Waals surface area contributed by atoms with Crippen LogP contribution >= 0.6 is 11.6 Å². The van der Waals surface area contributed by atoms with Gasteiger partial charge in [-0.15, -0.1) is 0 Å². The normalized spacial score (nSPS) is 12.5. The van der Waals surface area contributed by atoms with E-state index in [4.69, 9.17) is 16.3 Å². The summed E-state index contributed by atoms with van der Waals surface area (Å²) in [7, 11) is -2.13. The van der Waals surface area contributed by atoms with Crippen molar-refractivity contribution in [3.05, 3.63) is 140 Å². The van der Waals surface area contributed by atoms with Gasteiger partial charge in [0.25, 0.3) is 15.9 Å². The quantitative estimate of drug-likeness (QED) is 0.125. The third-order valence-electron chi connectivity index (χ3n) is 9.69. The number of nitrogens with zero attached hydrogens (tertiary/aromatic N) is 2. The number of halogens is 1. The highest BCUT2D eigenvalue weighted by molar-refractivity contribution is 7.90. The third-order valence-corrected chi connectivity index (χ3v) is 11.6. The van der Waals surface area contributed by atoms with Crippen molar-refractivity contribution in [1.82, 2.24) is 19.8 Å². The van der Waals surface area contributed by atoms with Crippen LogP contribution in [0.4, 0.5) is 0 Å². The molecule has 4 aromatic carbocycles. The number of fused-ring (bicyclic) bond motifs is 1. The van der Waals surface area contributed by atoms with Gasteiger partial charge in [-0.2, -0.15) is 5.10 Å². The Morgan fingerprint density at radius 3 is 2.28 bits per heavy atom. The molecule has 274 valence electrons. The Labute approximate surface area is 316 Å². The number of carbonyl (C=O) groups excluding carboxylic acids is 2. The molecule has 1 aliphatic rings. The van der Waals surface area contributed by atoms with Crippen LogP contribution in [0.15, 0.2) is 89.3 Å². The molecule has 0 radical (unpaired) electrons. The van der Waals surface area contributed by atoms with Crippen LogP contribution in [-0.2, 0) is 34.8 Å². The molecule has 0 fully saturated rings. The van der Waals surface area contributed by atoms with Crippen molar-refractivity contribution in [3.8, 4) is 16.9 Å². The van der Waals surface area contributed by atoms with E-state index in [0.29, 0.717) is 37.0 Å². The predicted molar refractivity (Wildman–Crippen MR) is 209 cm³/mol. The zero-order valence-corrected chi connectivity index (χ0v) is 32.3. The number of aryl methyl sites for hydroxylation is 5. The Hall–Kier alpha value is -5.19. The van der Waals surface area contributed by atoms with Gasteiger partial charge in [0.05, 0.1) is 17.2 Å². The van der Waals surface area contributed by atoms with E-state index >= 15 is 0 Å². The summed E-state index contributed by atoms with van der Waals surface area (Å²) in [5.41, 5.74) is 11.4. The van der Waals surface area contributed by atoms with Crippen molar-refractivity contribution in [2.45, 2.75) is 65.3 Å². The van der Waals surface area contributed by atoms with Gasteiger partial charge >= 0.3 is 0 Å². The predicted octanol–water partition coefficient (Wildman–Crippen LogP) is 7.89. The van der Waals surface area contributed by atoms with Gasteiger partial charge in [0, 0.05) is 47.4 Å². The highest BCUT2D eigenvalue weighted by Crippen LogP contribution is 2.42. The lowest BCUT2D eigenvalue weighted by Gasteiger charge is -2.13. The fourth-order valence-electron chi connectivity index (χ4n) is 6.97. The summed E-state index contributed by atoms with van der Waals surface area (Å²) in [5, 5.41) is 8.45. The second kappa shape index (κ2) is 15.4. The summed E-state index contributed by atoms with van der Waals surface area (Å²) in [6.07, 6.45) is 1.76. The van der Waals surface area contributed by atoms with Crippen LogP contribution in [-0.4, -0.2) is 36.6 Å². The van der Waals surface area contributed by atoms with Gasteiger partial charge in [-0.25, -0.2) is 13.1 Å². The van der Waals surface area contributed by atoms with E-state index in [1.165, 1.54) is 12.1 Å². The summed E-state index contributed by atoms with van der Waals surface area (Å²) in [4.78, 5) is 27.1. The molecule has 0 bridgehead atoms. The molecule has 0 saturated heterocycles. The number of rotatable bonds is 12. The van der Waals surface area contributed by atoms with Gasteiger partial charge in [0.1, 0.15) is 5.75 Å². The zero-order valence-electron chi connectivity index (χ0n) is 30.8. The smallest absolute Gasteiger partial charge is 0.265 e. The zero-order chi connectivity index (χ0) is 38.0. The van der Waals surface area contributed by atoms with Crippen molar-refractivity contribution in [2.75, 3.05) is 6.61 Å². The lowest BCUT2D eigenvalue weighted by molar-refractivity contribution is -0.117. The molecule has 0 atom stereocenters. The van der Waals surface area contributed by atoms with E-state index in [2.05, 4.69) is 34.2 Å². The molecule has 2 N–H and O–H groups in total. The monoisotopic (exact) mass is 750 g/mol. The molecule has 0 unspecified atom stereocenters. The number of hydrogen-bond acceptors (Lipinski definition) is 6. The maximum absolute atomic E-state index is 14.0. The molecule has 1 aliphatic carbocycles. The van der Waals surface area contributed by atoms with Crippen molar-refractivity contribution in [3.63, 3.8) is 0 Å². The van der Waals surface area contributed by atoms with Crippen LogP contribution in [0.3, 0.4) is 0 Å². The summed E-state index contributed by atoms with van der Waals surface area (Å²) in [6.45, 7) is 10.4. The minimum Gasteiger partial charge on any atom is -0.494 e. The SMILES string of the molecule is Cc1cccc(S(=O)(=O)NC(=O)c2cccc(CNC(=O)C3=C(CCCOc4cc(C)c(Cl)c(C)c4)c4cccc(-c5c(C)nn(C)c5C)c4C3)c2)c1. The van der Waals surface area contributed by atoms with E-state index in [9.17, 15) is 18.0 Å². The van der Waals surface area contributed by atoms with Crippen LogP contribution in [0.1, 0.15) is 68.0 Å². The van der Waals surface area contributed by atoms with E-state index in [-0.39, 0.29) is 22.9 Å². The van der Waals surface area contributed by atoms with Gasteiger partial charge in [0.2, 0.25) is 5.91 Å². The molecule has 0 aliphatic heterocycles.